The van der Waals surface area contributed by atoms with Crippen molar-refractivity contribution in [2.45, 2.75) is 50.2 Å². The number of nitrogens with zero attached hydrogens (tertiary/aromatic N) is 5. The molecule has 4 aromatic rings. The van der Waals surface area contributed by atoms with Crippen molar-refractivity contribution in [1.29, 1.82) is 0 Å². The molecule has 0 unspecified atom stereocenters. The first-order valence-electron chi connectivity index (χ1n) is 12.0. The van der Waals surface area contributed by atoms with Gasteiger partial charge < -0.3 is 25.2 Å². The van der Waals surface area contributed by atoms with Crippen LogP contribution in [0.15, 0.2) is 49.1 Å². The van der Waals surface area contributed by atoms with Crippen LogP contribution in [0.4, 0.5) is 24.9 Å². The number of hydrogen-bond acceptors (Lipinski definition) is 8. The maximum Gasteiger partial charge on any atom is 0.393 e. The number of imidazole rings is 1. The van der Waals surface area contributed by atoms with Gasteiger partial charge in [-0.3, -0.25) is 0 Å². The summed E-state index contributed by atoms with van der Waals surface area (Å²) in [5, 5.41) is 17.9. The number of hydrogen-bond donors (Lipinski definition) is 3. The second kappa shape index (κ2) is 10.3. The third kappa shape index (κ3) is 5.71. The number of aromatic nitrogens is 4. The maximum absolute atomic E-state index is 13.0. The predicted octanol–water partition coefficient (Wildman–Crippen LogP) is 4.14. The van der Waals surface area contributed by atoms with Gasteiger partial charge in [-0.25, -0.2) is 9.97 Å². The highest BCUT2D eigenvalue weighted by molar-refractivity contribution is 7.18. The van der Waals surface area contributed by atoms with Crippen LogP contribution in [0, 0.1) is 0 Å². The first kappa shape index (κ1) is 25.4. The topological polar surface area (TPSA) is 91.1 Å². The van der Waals surface area contributed by atoms with E-state index in [2.05, 4.69) is 37.7 Å². The number of thiophene rings is 1. The number of likely N-dealkylation sites (N-methyl/N-ethyl adjacent to an activating group) is 1. The van der Waals surface area contributed by atoms with Gasteiger partial charge in [0.05, 0.1) is 30.3 Å². The summed E-state index contributed by atoms with van der Waals surface area (Å²) in [5.41, 5.74) is 2.16. The van der Waals surface area contributed by atoms with Crippen molar-refractivity contribution in [3.63, 3.8) is 0 Å². The van der Waals surface area contributed by atoms with Gasteiger partial charge in [-0.15, -0.1) is 11.3 Å². The molecular weight excluding hydrogens is 503 g/mol. The molecule has 196 valence electrons. The van der Waals surface area contributed by atoms with Gasteiger partial charge >= 0.3 is 6.18 Å². The monoisotopic (exact) mass is 531 g/mol. The van der Waals surface area contributed by atoms with E-state index in [0.29, 0.717) is 41.4 Å². The van der Waals surface area contributed by atoms with E-state index in [1.807, 2.05) is 34.8 Å². The highest BCUT2D eigenvalue weighted by atomic mass is 32.1. The summed E-state index contributed by atoms with van der Waals surface area (Å²) in [7, 11) is 3.49. The Balaban J connectivity index is 1.28. The van der Waals surface area contributed by atoms with Gasteiger partial charge in [-0.2, -0.15) is 18.2 Å². The number of nitrogens with one attached hydrogen (secondary N) is 2. The number of benzene rings is 1. The van der Waals surface area contributed by atoms with Crippen molar-refractivity contribution in [3.05, 3.63) is 59.5 Å². The summed E-state index contributed by atoms with van der Waals surface area (Å²) in [4.78, 5) is 15.5. The van der Waals surface area contributed by atoms with Gasteiger partial charge in [-0.05, 0) is 36.6 Å². The van der Waals surface area contributed by atoms with Crippen LogP contribution in [0.2, 0.25) is 0 Å². The van der Waals surface area contributed by atoms with Crippen LogP contribution in [0.25, 0.3) is 15.9 Å². The summed E-state index contributed by atoms with van der Waals surface area (Å²) < 4.78 is 40.9. The second-order valence-electron chi connectivity index (χ2n) is 9.28. The molecule has 5 rings (SSSR count). The van der Waals surface area contributed by atoms with Crippen molar-refractivity contribution in [3.8, 4) is 5.69 Å². The molecule has 1 saturated carbocycles. The second-order valence-corrected chi connectivity index (χ2v) is 10.4. The molecule has 8 nitrogen and oxygen atoms in total. The van der Waals surface area contributed by atoms with E-state index in [-0.39, 0.29) is 17.0 Å². The molecule has 37 heavy (non-hydrogen) atoms. The van der Waals surface area contributed by atoms with Gasteiger partial charge in [0.2, 0.25) is 5.95 Å². The summed E-state index contributed by atoms with van der Waals surface area (Å²) in [6.45, 7) is 0.658. The van der Waals surface area contributed by atoms with Crippen molar-refractivity contribution < 1.29 is 18.3 Å². The number of rotatable bonds is 8. The van der Waals surface area contributed by atoms with Gasteiger partial charge in [0, 0.05) is 49.6 Å². The largest absolute Gasteiger partial charge is 0.393 e. The van der Waals surface area contributed by atoms with Crippen LogP contribution in [0.1, 0.15) is 23.3 Å². The average molecular weight is 532 g/mol. The number of alkyl halides is 3. The Hall–Kier alpha value is -3.22. The number of anilines is 2. The average Bonchev–Trinajstić information content (AvgIpc) is 3.60. The first-order valence-corrected chi connectivity index (χ1v) is 12.8. The summed E-state index contributed by atoms with van der Waals surface area (Å²) in [5.74, 6) is 0.842. The standard InChI is InChI=1S/C25H28F3N7OS/c1-29-24-32-22(19-11-18(12-25(26,27)28)37-23(19)33-24)34(2)20-9-16(10-21(20)36)31-13-15-3-5-17(6-4-15)35-8-7-30-14-35/h3-8,11,14,16,20-21,31,36H,9-10,12-13H2,1-2H3,(H,29,32,33)/t16-,20+,21-/m1/s1. The van der Waals surface area contributed by atoms with Crippen LogP contribution < -0.4 is 15.5 Å². The van der Waals surface area contributed by atoms with E-state index in [1.54, 1.807) is 19.6 Å². The minimum Gasteiger partial charge on any atom is -0.391 e. The van der Waals surface area contributed by atoms with E-state index >= 15 is 0 Å². The van der Waals surface area contributed by atoms with Crippen LogP contribution in [-0.2, 0) is 13.0 Å². The van der Waals surface area contributed by atoms with E-state index < -0.39 is 18.7 Å². The fourth-order valence-corrected chi connectivity index (χ4v) is 5.87. The molecule has 0 spiro atoms. The van der Waals surface area contributed by atoms with E-state index in [0.717, 1.165) is 22.6 Å². The van der Waals surface area contributed by atoms with Gasteiger partial charge in [0.1, 0.15) is 10.6 Å². The Bertz CT molecular complexity index is 1340. The van der Waals surface area contributed by atoms with Gasteiger partial charge in [-0.1, -0.05) is 12.1 Å². The molecule has 1 fully saturated rings. The fraction of sp³-hybridized carbons (Fsp3) is 0.400. The normalized spacial score (nSPS) is 20.0. The first-order chi connectivity index (χ1) is 17.7. The summed E-state index contributed by atoms with van der Waals surface area (Å²) in [6.07, 6.45) is 0.704. The lowest BCUT2D eigenvalue weighted by Gasteiger charge is -2.29. The Kier molecular flexibility index (Phi) is 7.06. The zero-order chi connectivity index (χ0) is 26.2. The molecule has 1 aliphatic carbocycles. The highest BCUT2D eigenvalue weighted by Crippen LogP contribution is 2.37. The molecule has 3 N–H and O–H groups in total. The zero-order valence-corrected chi connectivity index (χ0v) is 21.2. The Labute approximate surface area is 216 Å². The Morgan fingerprint density at radius 3 is 2.65 bits per heavy atom. The zero-order valence-electron chi connectivity index (χ0n) is 20.4. The lowest BCUT2D eigenvalue weighted by Crippen LogP contribution is -2.38. The molecule has 0 bridgehead atoms. The van der Waals surface area contributed by atoms with Crippen LogP contribution in [-0.4, -0.2) is 63.1 Å². The van der Waals surface area contributed by atoms with Crippen molar-refractivity contribution >= 4 is 33.3 Å². The van der Waals surface area contributed by atoms with Crippen molar-refractivity contribution in [2.24, 2.45) is 0 Å². The van der Waals surface area contributed by atoms with E-state index in [9.17, 15) is 18.3 Å². The molecule has 1 aliphatic rings. The lowest BCUT2D eigenvalue weighted by molar-refractivity contribution is -0.126. The molecule has 0 saturated heterocycles. The minimum absolute atomic E-state index is 0.0835. The SMILES string of the molecule is CNc1nc(N(C)[C@H]2C[C@@H](NCc3ccc(-n4ccnc4)cc3)C[C@H]2O)c2cc(CC(F)(F)F)sc2n1. The van der Waals surface area contributed by atoms with Crippen LogP contribution in [0.3, 0.4) is 0 Å². The lowest BCUT2D eigenvalue weighted by atomic mass is 10.1. The minimum atomic E-state index is -4.30. The van der Waals surface area contributed by atoms with Crippen molar-refractivity contribution in [2.75, 3.05) is 24.3 Å². The summed E-state index contributed by atoms with van der Waals surface area (Å²) in [6, 6.07) is 9.55. The van der Waals surface area contributed by atoms with Crippen LogP contribution in [0.5, 0.6) is 0 Å². The molecule has 0 amide bonds. The van der Waals surface area contributed by atoms with E-state index in [1.165, 1.54) is 6.07 Å². The third-order valence-corrected chi connectivity index (χ3v) is 7.71. The predicted molar refractivity (Wildman–Crippen MR) is 138 cm³/mol. The molecule has 3 heterocycles. The van der Waals surface area contributed by atoms with Gasteiger partial charge in [0.15, 0.2) is 0 Å². The summed E-state index contributed by atoms with van der Waals surface area (Å²) >= 11 is 1.02. The maximum atomic E-state index is 13.0. The quantitative estimate of drug-likeness (QED) is 0.315. The van der Waals surface area contributed by atoms with E-state index in [4.69, 9.17) is 0 Å². The number of aliphatic hydroxyl groups is 1. The number of aliphatic hydroxyl groups excluding tert-OH is 1. The number of halogens is 3. The molecule has 3 aromatic heterocycles. The third-order valence-electron chi connectivity index (χ3n) is 6.68. The van der Waals surface area contributed by atoms with Crippen LogP contribution >= 0.6 is 11.3 Å². The van der Waals surface area contributed by atoms with Gasteiger partial charge in [0.25, 0.3) is 0 Å². The van der Waals surface area contributed by atoms with Crippen molar-refractivity contribution in [1.82, 2.24) is 24.8 Å². The molecule has 0 radical (unpaired) electrons. The molecule has 12 heteroatoms. The molecule has 3 atom stereocenters. The highest BCUT2D eigenvalue weighted by Gasteiger charge is 2.37. The molecular formula is C25H28F3N7OS. The fourth-order valence-electron chi connectivity index (χ4n) is 4.81. The Morgan fingerprint density at radius 2 is 1.97 bits per heavy atom. The molecule has 1 aromatic carbocycles. The smallest absolute Gasteiger partial charge is 0.391 e. The molecule has 0 aliphatic heterocycles. The Morgan fingerprint density at radius 1 is 1.19 bits per heavy atom. The number of fused-ring (bicyclic) bond motifs is 1.